The fourth-order valence-corrected chi connectivity index (χ4v) is 2.05. The Balaban J connectivity index is 2.58. The maximum atomic E-state index is 10.3. The van der Waals surface area contributed by atoms with Crippen LogP contribution in [0.15, 0.2) is 24.3 Å². The fourth-order valence-electron chi connectivity index (χ4n) is 2.05. The van der Waals surface area contributed by atoms with E-state index in [0.29, 0.717) is 0 Å². The van der Waals surface area contributed by atoms with E-state index in [1.165, 1.54) is 24.8 Å². The molecule has 80 valence electrons. The maximum absolute atomic E-state index is 10.3. The number of allylic oxidation sites excluding steroid dienone is 2. The zero-order valence-electron chi connectivity index (χ0n) is 9.26. The molecule has 0 radical (unpaired) electrons. The molecule has 0 heterocycles. The predicted octanol–water partition coefficient (Wildman–Crippen LogP) is 3.59. The third-order valence-electron chi connectivity index (χ3n) is 3.07. The lowest BCUT2D eigenvalue weighted by molar-refractivity contribution is 0.0861. The Morgan fingerprint density at radius 1 is 1.50 bits per heavy atom. The van der Waals surface area contributed by atoms with Gasteiger partial charge in [-0.05, 0) is 51.0 Å². The molecule has 1 N–H and O–H groups in total. The zero-order valence-corrected chi connectivity index (χ0v) is 9.26. The van der Waals surface area contributed by atoms with Crippen molar-refractivity contribution in [3.05, 3.63) is 24.3 Å². The van der Waals surface area contributed by atoms with Crippen LogP contribution < -0.4 is 0 Å². The van der Waals surface area contributed by atoms with Gasteiger partial charge in [-0.3, -0.25) is 0 Å². The lowest BCUT2D eigenvalue weighted by Crippen LogP contribution is -2.26. The highest BCUT2D eigenvalue weighted by Crippen LogP contribution is 2.29. The molecular weight excluding hydrogens is 172 g/mol. The molecule has 1 aliphatic carbocycles. The van der Waals surface area contributed by atoms with Gasteiger partial charge in [0.25, 0.3) is 0 Å². The molecule has 0 aromatic heterocycles. The third-order valence-corrected chi connectivity index (χ3v) is 3.07. The van der Waals surface area contributed by atoms with Gasteiger partial charge >= 0.3 is 0 Å². The molecule has 1 rings (SSSR count). The molecule has 0 aromatic rings. The smallest absolute Gasteiger partial charge is 0.0831 e. The van der Waals surface area contributed by atoms with Gasteiger partial charge in [0.2, 0.25) is 0 Å². The Labute approximate surface area is 87.5 Å². The molecule has 1 unspecified atom stereocenters. The highest BCUT2D eigenvalue weighted by molar-refractivity contribution is 5.16. The number of hydrogen-bond acceptors (Lipinski definition) is 1. The summed E-state index contributed by atoms with van der Waals surface area (Å²) in [5.74, 6) is 0. The minimum Gasteiger partial charge on any atom is -0.386 e. The first kappa shape index (κ1) is 11.5. The Morgan fingerprint density at radius 3 is 3.00 bits per heavy atom. The standard InChI is InChI=1S/C13H22O/c1-3-4-11-13(2,14)12-9-7-5-6-8-10-12/h3,9,14H,1,4-8,10-11H2,2H3. The van der Waals surface area contributed by atoms with E-state index in [4.69, 9.17) is 0 Å². The topological polar surface area (TPSA) is 20.2 Å². The van der Waals surface area contributed by atoms with Crippen molar-refractivity contribution in [3.63, 3.8) is 0 Å². The summed E-state index contributed by atoms with van der Waals surface area (Å²) < 4.78 is 0. The zero-order chi connectivity index (χ0) is 10.4. The predicted molar refractivity (Wildman–Crippen MR) is 61.2 cm³/mol. The first-order valence-corrected chi connectivity index (χ1v) is 5.69. The Hall–Kier alpha value is -0.560. The van der Waals surface area contributed by atoms with Gasteiger partial charge < -0.3 is 5.11 Å². The summed E-state index contributed by atoms with van der Waals surface area (Å²) in [6, 6.07) is 0. The van der Waals surface area contributed by atoms with Crippen LogP contribution in [-0.4, -0.2) is 10.7 Å². The van der Waals surface area contributed by atoms with Crippen LogP contribution in [0.5, 0.6) is 0 Å². The molecule has 0 amide bonds. The molecule has 0 aromatic carbocycles. The van der Waals surface area contributed by atoms with Crippen molar-refractivity contribution in [2.45, 2.75) is 57.5 Å². The molecule has 1 heteroatoms. The molecular formula is C13H22O. The average Bonchev–Trinajstić information content (AvgIpc) is 2.43. The van der Waals surface area contributed by atoms with E-state index < -0.39 is 5.60 Å². The quantitative estimate of drug-likeness (QED) is 0.678. The third kappa shape index (κ3) is 3.30. The van der Waals surface area contributed by atoms with Crippen LogP contribution >= 0.6 is 0 Å². The molecule has 0 bridgehead atoms. The van der Waals surface area contributed by atoms with Crippen LogP contribution in [0.4, 0.5) is 0 Å². The monoisotopic (exact) mass is 194 g/mol. The lowest BCUT2D eigenvalue weighted by atomic mass is 9.88. The van der Waals surface area contributed by atoms with E-state index >= 15 is 0 Å². The number of aliphatic hydroxyl groups is 1. The number of hydrogen-bond donors (Lipinski definition) is 1. The minimum absolute atomic E-state index is 0.599. The summed E-state index contributed by atoms with van der Waals surface area (Å²) in [4.78, 5) is 0. The van der Waals surface area contributed by atoms with Crippen LogP contribution in [-0.2, 0) is 0 Å². The van der Waals surface area contributed by atoms with Crippen LogP contribution in [0, 0.1) is 0 Å². The Kier molecular flexibility index (Phi) is 4.40. The van der Waals surface area contributed by atoms with E-state index in [2.05, 4.69) is 12.7 Å². The van der Waals surface area contributed by atoms with Crippen LogP contribution in [0.25, 0.3) is 0 Å². The van der Waals surface area contributed by atoms with Gasteiger partial charge in [0.1, 0.15) is 0 Å². The van der Waals surface area contributed by atoms with Crippen molar-refractivity contribution in [2.24, 2.45) is 0 Å². The summed E-state index contributed by atoms with van der Waals surface area (Å²) in [5, 5.41) is 10.3. The highest BCUT2D eigenvalue weighted by Gasteiger charge is 2.24. The lowest BCUT2D eigenvalue weighted by Gasteiger charge is -2.26. The van der Waals surface area contributed by atoms with Gasteiger partial charge in [0.05, 0.1) is 5.60 Å². The first-order chi connectivity index (χ1) is 6.67. The van der Waals surface area contributed by atoms with Crippen LogP contribution in [0.2, 0.25) is 0 Å². The van der Waals surface area contributed by atoms with Crippen LogP contribution in [0.3, 0.4) is 0 Å². The molecule has 1 nitrogen and oxygen atoms in total. The van der Waals surface area contributed by atoms with Gasteiger partial charge in [-0.15, -0.1) is 6.58 Å². The molecule has 1 aliphatic rings. The van der Waals surface area contributed by atoms with Crippen LogP contribution in [0.1, 0.15) is 51.9 Å². The molecule has 0 saturated heterocycles. The normalized spacial score (nSPS) is 22.0. The van der Waals surface area contributed by atoms with Gasteiger partial charge in [-0.1, -0.05) is 18.6 Å². The second-order valence-electron chi connectivity index (χ2n) is 4.43. The van der Waals surface area contributed by atoms with E-state index in [1.54, 1.807) is 0 Å². The Bertz CT molecular complexity index is 213. The summed E-state index contributed by atoms with van der Waals surface area (Å²) in [6.07, 6.45) is 11.9. The molecule has 1 atom stereocenters. The van der Waals surface area contributed by atoms with E-state index in [9.17, 15) is 5.11 Å². The SMILES string of the molecule is C=CCCC(C)(O)C1=CCCCCC1. The summed E-state index contributed by atoms with van der Waals surface area (Å²) in [5.41, 5.74) is 0.648. The molecule has 0 fully saturated rings. The first-order valence-electron chi connectivity index (χ1n) is 5.69. The summed E-state index contributed by atoms with van der Waals surface area (Å²) in [6.45, 7) is 5.63. The van der Waals surface area contributed by atoms with Gasteiger partial charge in [-0.25, -0.2) is 0 Å². The van der Waals surface area contributed by atoms with Crippen molar-refractivity contribution < 1.29 is 5.11 Å². The second-order valence-corrected chi connectivity index (χ2v) is 4.43. The molecule has 0 aliphatic heterocycles. The van der Waals surface area contributed by atoms with E-state index in [-0.39, 0.29) is 0 Å². The van der Waals surface area contributed by atoms with Gasteiger partial charge in [0, 0.05) is 0 Å². The average molecular weight is 194 g/mol. The van der Waals surface area contributed by atoms with E-state index in [1.807, 2.05) is 13.0 Å². The van der Waals surface area contributed by atoms with Gasteiger partial charge in [-0.2, -0.15) is 0 Å². The van der Waals surface area contributed by atoms with Gasteiger partial charge in [0.15, 0.2) is 0 Å². The summed E-state index contributed by atoms with van der Waals surface area (Å²) in [7, 11) is 0. The largest absolute Gasteiger partial charge is 0.386 e. The summed E-state index contributed by atoms with van der Waals surface area (Å²) >= 11 is 0. The fraction of sp³-hybridized carbons (Fsp3) is 0.692. The maximum Gasteiger partial charge on any atom is 0.0831 e. The molecule has 14 heavy (non-hydrogen) atoms. The molecule has 0 saturated carbocycles. The van der Waals surface area contributed by atoms with E-state index in [0.717, 1.165) is 25.7 Å². The Morgan fingerprint density at radius 2 is 2.29 bits per heavy atom. The van der Waals surface area contributed by atoms with Crippen molar-refractivity contribution >= 4 is 0 Å². The second kappa shape index (κ2) is 5.35. The van der Waals surface area contributed by atoms with Crippen molar-refractivity contribution in [1.29, 1.82) is 0 Å². The van der Waals surface area contributed by atoms with Crippen molar-refractivity contribution in [1.82, 2.24) is 0 Å². The minimum atomic E-state index is -0.599. The number of rotatable bonds is 4. The van der Waals surface area contributed by atoms with Crippen molar-refractivity contribution in [3.8, 4) is 0 Å². The highest BCUT2D eigenvalue weighted by atomic mass is 16.3. The molecule has 0 spiro atoms. The van der Waals surface area contributed by atoms with Crippen molar-refractivity contribution in [2.75, 3.05) is 0 Å².